The van der Waals surface area contributed by atoms with Gasteiger partial charge in [-0.25, -0.2) is 27.6 Å². The van der Waals surface area contributed by atoms with Gasteiger partial charge in [-0.2, -0.15) is 0 Å². The van der Waals surface area contributed by atoms with Gasteiger partial charge in [0.05, 0.1) is 17.3 Å². The quantitative estimate of drug-likeness (QED) is 0.762. The maximum Gasteiger partial charge on any atom is 0.339 e. The van der Waals surface area contributed by atoms with Crippen molar-refractivity contribution < 1.29 is 22.7 Å². The fourth-order valence-corrected chi connectivity index (χ4v) is 4.40. The van der Waals surface area contributed by atoms with Crippen molar-refractivity contribution in [2.75, 3.05) is 35.7 Å². The molecule has 0 bridgehead atoms. The van der Waals surface area contributed by atoms with Crippen LogP contribution in [0.25, 0.3) is 0 Å². The van der Waals surface area contributed by atoms with Crippen LogP contribution in [-0.4, -0.2) is 61.4 Å². The van der Waals surface area contributed by atoms with Gasteiger partial charge in [-0.3, -0.25) is 0 Å². The second kappa shape index (κ2) is 8.17. The van der Waals surface area contributed by atoms with E-state index in [1.54, 1.807) is 13.0 Å². The standard InChI is InChI=1S/C20H25FN4O4S/c1-12(2)17-11-24(14-5-6-16(21)18(9-14)30(4,28)29)7-8-25(17)20-22-10-15(19(26)27)13(3)23-20/h5-6,9-10,12,17H,7-8,11H2,1-4H3,(H,26,27)/t17-/m0/s1. The molecule has 2 heterocycles. The lowest BCUT2D eigenvalue weighted by atomic mass is 9.99. The number of nitrogens with zero attached hydrogens (tertiary/aromatic N) is 4. The Morgan fingerprint density at radius 1 is 1.30 bits per heavy atom. The first kappa shape index (κ1) is 21.9. The van der Waals surface area contributed by atoms with E-state index in [0.29, 0.717) is 37.0 Å². The molecule has 162 valence electrons. The first-order chi connectivity index (χ1) is 14.0. The molecule has 1 saturated heterocycles. The lowest BCUT2D eigenvalue weighted by Gasteiger charge is -2.44. The number of carboxylic acid groups (broad SMARTS) is 1. The fraction of sp³-hybridized carbons (Fsp3) is 0.450. The Kier molecular flexibility index (Phi) is 5.98. The summed E-state index contributed by atoms with van der Waals surface area (Å²) in [6, 6.07) is 4.14. The molecule has 1 fully saturated rings. The van der Waals surface area contributed by atoms with Crippen molar-refractivity contribution in [1.29, 1.82) is 0 Å². The summed E-state index contributed by atoms with van der Waals surface area (Å²) in [6.45, 7) is 7.44. The molecule has 1 aromatic heterocycles. The van der Waals surface area contributed by atoms with Crippen LogP contribution in [0, 0.1) is 18.7 Å². The van der Waals surface area contributed by atoms with E-state index >= 15 is 0 Å². The minimum absolute atomic E-state index is 0.000523. The summed E-state index contributed by atoms with van der Waals surface area (Å²) in [6.07, 6.45) is 2.31. The van der Waals surface area contributed by atoms with Gasteiger partial charge >= 0.3 is 5.97 Å². The van der Waals surface area contributed by atoms with Gasteiger partial charge in [0.2, 0.25) is 5.95 Å². The maximum absolute atomic E-state index is 14.0. The van der Waals surface area contributed by atoms with Crippen molar-refractivity contribution in [2.45, 2.75) is 31.7 Å². The second-order valence-corrected chi connectivity index (χ2v) is 9.80. The van der Waals surface area contributed by atoms with Crippen LogP contribution in [0.2, 0.25) is 0 Å². The van der Waals surface area contributed by atoms with Crippen LogP contribution in [0.1, 0.15) is 29.9 Å². The molecule has 0 unspecified atom stereocenters. The Bertz CT molecular complexity index is 1070. The zero-order chi connectivity index (χ0) is 22.2. The lowest BCUT2D eigenvalue weighted by Crippen LogP contribution is -2.56. The van der Waals surface area contributed by atoms with Crippen molar-refractivity contribution in [3.63, 3.8) is 0 Å². The number of benzene rings is 1. The summed E-state index contributed by atoms with van der Waals surface area (Å²) >= 11 is 0. The third kappa shape index (κ3) is 4.38. The average Bonchev–Trinajstić information content (AvgIpc) is 2.66. The molecule has 2 aromatic rings. The fourth-order valence-electron chi connectivity index (χ4n) is 3.64. The SMILES string of the molecule is Cc1nc(N2CCN(c3ccc(F)c(S(C)(=O)=O)c3)C[C@H]2C(C)C)ncc1C(=O)O. The lowest BCUT2D eigenvalue weighted by molar-refractivity contribution is 0.0695. The number of rotatable bonds is 5. The number of hydrogen-bond donors (Lipinski definition) is 1. The number of aryl methyl sites for hydroxylation is 1. The van der Waals surface area contributed by atoms with E-state index in [2.05, 4.69) is 23.8 Å². The molecule has 1 aliphatic heterocycles. The van der Waals surface area contributed by atoms with Crippen LogP contribution in [-0.2, 0) is 9.84 Å². The van der Waals surface area contributed by atoms with Gasteiger partial charge < -0.3 is 14.9 Å². The summed E-state index contributed by atoms with van der Waals surface area (Å²) in [4.78, 5) is 23.6. The Balaban J connectivity index is 1.90. The van der Waals surface area contributed by atoms with Crippen LogP contribution in [0.4, 0.5) is 16.0 Å². The summed E-state index contributed by atoms with van der Waals surface area (Å²) in [5.41, 5.74) is 1.10. The minimum atomic E-state index is -3.67. The molecular weight excluding hydrogens is 411 g/mol. The van der Waals surface area contributed by atoms with Gasteiger partial charge in [-0.05, 0) is 31.0 Å². The number of aromatic carboxylic acids is 1. The number of carboxylic acids is 1. The zero-order valence-corrected chi connectivity index (χ0v) is 18.1. The Labute approximate surface area is 175 Å². The van der Waals surface area contributed by atoms with E-state index in [9.17, 15) is 22.7 Å². The maximum atomic E-state index is 14.0. The van der Waals surface area contributed by atoms with E-state index in [0.717, 1.165) is 6.26 Å². The van der Waals surface area contributed by atoms with Crippen molar-refractivity contribution in [3.05, 3.63) is 41.5 Å². The predicted octanol–water partition coefficient (Wildman–Crippen LogP) is 2.38. The number of sulfone groups is 1. The molecule has 0 radical (unpaired) electrons. The van der Waals surface area contributed by atoms with E-state index in [1.807, 2.05) is 9.80 Å². The number of hydrogen-bond acceptors (Lipinski definition) is 7. The summed E-state index contributed by atoms with van der Waals surface area (Å²) in [5, 5.41) is 9.20. The van der Waals surface area contributed by atoms with Crippen molar-refractivity contribution in [2.24, 2.45) is 5.92 Å². The molecule has 0 saturated carbocycles. The molecule has 0 spiro atoms. The van der Waals surface area contributed by atoms with Gasteiger partial charge in [-0.15, -0.1) is 0 Å². The highest BCUT2D eigenvalue weighted by atomic mass is 32.2. The molecule has 1 N–H and O–H groups in total. The largest absolute Gasteiger partial charge is 0.478 e. The van der Waals surface area contributed by atoms with Gasteiger partial charge in [0.25, 0.3) is 0 Å². The predicted molar refractivity (Wildman–Crippen MR) is 111 cm³/mol. The van der Waals surface area contributed by atoms with Crippen molar-refractivity contribution >= 4 is 27.4 Å². The van der Waals surface area contributed by atoms with Gasteiger partial charge in [-0.1, -0.05) is 13.8 Å². The van der Waals surface area contributed by atoms with Gasteiger partial charge in [0.1, 0.15) is 10.7 Å². The van der Waals surface area contributed by atoms with Crippen LogP contribution >= 0.6 is 0 Å². The number of aromatic nitrogens is 2. The Morgan fingerprint density at radius 2 is 2.00 bits per heavy atom. The molecular formula is C20H25FN4O4S. The minimum Gasteiger partial charge on any atom is -0.478 e. The first-order valence-electron chi connectivity index (χ1n) is 9.57. The highest BCUT2D eigenvalue weighted by molar-refractivity contribution is 7.90. The third-order valence-corrected chi connectivity index (χ3v) is 6.43. The van der Waals surface area contributed by atoms with Crippen LogP contribution in [0.3, 0.4) is 0 Å². The van der Waals surface area contributed by atoms with Crippen molar-refractivity contribution in [1.82, 2.24) is 9.97 Å². The van der Waals surface area contributed by atoms with E-state index in [4.69, 9.17) is 0 Å². The zero-order valence-electron chi connectivity index (χ0n) is 17.3. The smallest absolute Gasteiger partial charge is 0.339 e. The molecule has 0 aliphatic carbocycles. The summed E-state index contributed by atoms with van der Waals surface area (Å²) in [7, 11) is -3.67. The summed E-state index contributed by atoms with van der Waals surface area (Å²) < 4.78 is 37.7. The van der Waals surface area contributed by atoms with E-state index < -0.39 is 21.6 Å². The van der Waals surface area contributed by atoms with Crippen LogP contribution < -0.4 is 9.80 Å². The molecule has 30 heavy (non-hydrogen) atoms. The van der Waals surface area contributed by atoms with E-state index in [-0.39, 0.29) is 22.4 Å². The second-order valence-electron chi connectivity index (χ2n) is 7.81. The molecule has 1 atom stereocenters. The molecule has 0 amide bonds. The summed E-state index contributed by atoms with van der Waals surface area (Å²) in [5.74, 6) is -1.15. The van der Waals surface area contributed by atoms with Crippen LogP contribution in [0.15, 0.2) is 29.3 Å². The van der Waals surface area contributed by atoms with Gasteiger partial charge in [0.15, 0.2) is 9.84 Å². The number of halogens is 1. The monoisotopic (exact) mass is 436 g/mol. The van der Waals surface area contributed by atoms with Gasteiger partial charge in [0, 0.05) is 37.8 Å². The van der Waals surface area contributed by atoms with Crippen molar-refractivity contribution in [3.8, 4) is 0 Å². The number of anilines is 2. The average molecular weight is 437 g/mol. The molecule has 10 heteroatoms. The highest BCUT2D eigenvalue weighted by Crippen LogP contribution is 2.28. The Morgan fingerprint density at radius 3 is 2.57 bits per heavy atom. The highest BCUT2D eigenvalue weighted by Gasteiger charge is 2.32. The van der Waals surface area contributed by atoms with E-state index in [1.165, 1.54) is 18.3 Å². The first-order valence-corrected chi connectivity index (χ1v) is 11.5. The van der Waals surface area contributed by atoms with Crippen LogP contribution in [0.5, 0.6) is 0 Å². The third-order valence-electron chi connectivity index (χ3n) is 5.32. The Hall–Kier alpha value is -2.75. The molecule has 1 aromatic carbocycles. The number of piperazine rings is 1. The molecule has 8 nitrogen and oxygen atoms in total. The molecule has 1 aliphatic rings. The number of carbonyl (C=O) groups is 1. The molecule has 3 rings (SSSR count). The normalized spacial score (nSPS) is 17.5. The topological polar surface area (TPSA) is 104 Å².